The number of carbonyl (C=O) groups excluding carboxylic acids is 1. The van der Waals surface area contributed by atoms with Gasteiger partial charge in [0.1, 0.15) is 0 Å². The molecule has 0 aromatic carbocycles. The number of cyclic esters (lactones) is 1. The summed E-state index contributed by atoms with van der Waals surface area (Å²) in [5, 5.41) is 0. The van der Waals surface area contributed by atoms with Crippen LogP contribution >= 0.6 is 0 Å². The smallest absolute Gasteiger partial charge is 0.337 e. The van der Waals surface area contributed by atoms with Crippen LogP contribution in [0.4, 0.5) is 0 Å². The SMILES string of the molecule is C=CC/C=C/CC/C=C/CCC1OC(=O)C(C)O1. The monoisotopic (exact) mass is 250 g/mol. The third kappa shape index (κ3) is 5.82. The Balaban J connectivity index is 2.01. The third-order valence-corrected chi connectivity index (χ3v) is 2.64. The van der Waals surface area contributed by atoms with Crippen LogP contribution in [0.3, 0.4) is 0 Å². The van der Waals surface area contributed by atoms with E-state index in [9.17, 15) is 4.79 Å². The van der Waals surface area contributed by atoms with Crippen LogP contribution in [0.25, 0.3) is 0 Å². The molecule has 1 fully saturated rings. The molecule has 0 aliphatic carbocycles. The van der Waals surface area contributed by atoms with E-state index < -0.39 is 6.10 Å². The molecular formula is C15H22O3. The van der Waals surface area contributed by atoms with Crippen LogP contribution in [0.15, 0.2) is 37.0 Å². The Hall–Kier alpha value is -1.35. The number of allylic oxidation sites excluding steroid dienone is 5. The van der Waals surface area contributed by atoms with Crippen molar-refractivity contribution in [1.29, 1.82) is 0 Å². The van der Waals surface area contributed by atoms with Crippen LogP contribution in [-0.2, 0) is 14.3 Å². The molecule has 0 spiro atoms. The normalized spacial score (nSPS) is 23.9. The summed E-state index contributed by atoms with van der Waals surface area (Å²) in [4.78, 5) is 11.1. The number of carbonyl (C=O) groups is 1. The van der Waals surface area contributed by atoms with E-state index in [0.717, 1.165) is 32.1 Å². The van der Waals surface area contributed by atoms with E-state index in [2.05, 4.69) is 30.9 Å². The maximum atomic E-state index is 11.1. The van der Waals surface area contributed by atoms with E-state index in [1.54, 1.807) is 6.92 Å². The molecule has 0 aromatic rings. The molecule has 1 rings (SSSR count). The van der Waals surface area contributed by atoms with Crippen LogP contribution in [0.2, 0.25) is 0 Å². The Labute approximate surface area is 109 Å². The molecule has 2 unspecified atom stereocenters. The predicted octanol–water partition coefficient (Wildman–Crippen LogP) is 3.52. The number of rotatable bonds is 8. The largest absolute Gasteiger partial charge is 0.434 e. The van der Waals surface area contributed by atoms with Gasteiger partial charge < -0.3 is 9.47 Å². The highest BCUT2D eigenvalue weighted by atomic mass is 16.7. The summed E-state index contributed by atoms with van der Waals surface area (Å²) in [7, 11) is 0. The summed E-state index contributed by atoms with van der Waals surface area (Å²) in [5.41, 5.74) is 0. The summed E-state index contributed by atoms with van der Waals surface area (Å²) in [6, 6.07) is 0. The zero-order chi connectivity index (χ0) is 13.2. The molecular weight excluding hydrogens is 228 g/mol. The van der Waals surface area contributed by atoms with Gasteiger partial charge in [-0.25, -0.2) is 4.79 Å². The first kappa shape index (κ1) is 14.7. The fourth-order valence-corrected chi connectivity index (χ4v) is 1.63. The topological polar surface area (TPSA) is 35.5 Å². The number of hydrogen-bond acceptors (Lipinski definition) is 3. The molecule has 2 atom stereocenters. The van der Waals surface area contributed by atoms with Crippen molar-refractivity contribution in [3.8, 4) is 0 Å². The molecule has 0 radical (unpaired) electrons. The molecule has 3 heteroatoms. The van der Waals surface area contributed by atoms with Crippen molar-refractivity contribution < 1.29 is 14.3 Å². The standard InChI is InChI=1S/C15H22O3/c1-3-4-5-6-7-8-9-10-11-12-14-17-13(2)15(16)18-14/h3,5-6,9-10,13-14H,1,4,7-8,11-12H2,2H3/b6-5+,10-9+. The molecule has 1 aliphatic heterocycles. The predicted molar refractivity (Wildman–Crippen MR) is 72.0 cm³/mol. The molecule has 1 saturated heterocycles. The second-order valence-electron chi connectivity index (χ2n) is 4.27. The zero-order valence-electron chi connectivity index (χ0n) is 11.0. The van der Waals surface area contributed by atoms with Gasteiger partial charge in [-0.15, -0.1) is 6.58 Å². The number of ether oxygens (including phenoxy) is 2. The van der Waals surface area contributed by atoms with E-state index in [1.807, 2.05) is 6.08 Å². The molecule has 0 amide bonds. The molecule has 0 N–H and O–H groups in total. The minimum absolute atomic E-state index is 0.253. The zero-order valence-corrected chi connectivity index (χ0v) is 11.0. The van der Waals surface area contributed by atoms with Crippen molar-refractivity contribution in [2.24, 2.45) is 0 Å². The Morgan fingerprint density at radius 1 is 1.17 bits per heavy atom. The van der Waals surface area contributed by atoms with Gasteiger partial charge in [-0.3, -0.25) is 0 Å². The average Bonchev–Trinajstić information content (AvgIpc) is 2.67. The lowest BCUT2D eigenvalue weighted by Crippen LogP contribution is -2.09. The summed E-state index contributed by atoms with van der Waals surface area (Å²) in [5.74, 6) is -0.253. The lowest BCUT2D eigenvalue weighted by Gasteiger charge is -2.05. The van der Waals surface area contributed by atoms with Gasteiger partial charge in [0.05, 0.1) is 0 Å². The van der Waals surface area contributed by atoms with Crippen molar-refractivity contribution in [3.63, 3.8) is 0 Å². The summed E-state index contributed by atoms with van der Waals surface area (Å²) >= 11 is 0. The molecule has 100 valence electrons. The van der Waals surface area contributed by atoms with Crippen molar-refractivity contribution in [1.82, 2.24) is 0 Å². The van der Waals surface area contributed by atoms with Gasteiger partial charge in [-0.05, 0) is 32.6 Å². The molecule has 18 heavy (non-hydrogen) atoms. The van der Waals surface area contributed by atoms with Gasteiger partial charge in [0.2, 0.25) is 6.29 Å². The summed E-state index contributed by atoms with van der Waals surface area (Å²) < 4.78 is 10.3. The Morgan fingerprint density at radius 2 is 1.83 bits per heavy atom. The first-order valence-electron chi connectivity index (χ1n) is 6.51. The van der Waals surface area contributed by atoms with Crippen LogP contribution in [-0.4, -0.2) is 18.4 Å². The minimum atomic E-state index is -0.408. The summed E-state index contributed by atoms with van der Waals surface area (Å²) in [6.07, 6.45) is 14.3. The van der Waals surface area contributed by atoms with Crippen LogP contribution in [0.1, 0.15) is 39.0 Å². The molecule has 0 saturated carbocycles. The second-order valence-corrected chi connectivity index (χ2v) is 4.27. The van der Waals surface area contributed by atoms with Crippen molar-refractivity contribution in [2.45, 2.75) is 51.4 Å². The first-order chi connectivity index (χ1) is 8.74. The fraction of sp³-hybridized carbons (Fsp3) is 0.533. The van der Waals surface area contributed by atoms with E-state index in [0.29, 0.717) is 0 Å². The molecule has 0 aromatic heterocycles. The van der Waals surface area contributed by atoms with Crippen LogP contribution in [0, 0.1) is 0 Å². The van der Waals surface area contributed by atoms with E-state index >= 15 is 0 Å². The highest BCUT2D eigenvalue weighted by molar-refractivity contribution is 5.75. The number of esters is 1. The average molecular weight is 250 g/mol. The second kappa shape index (κ2) is 8.70. The Kier molecular flexibility index (Phi) is 7.11. The minimum Gasteiger partial charge on any atom is -0.434 e. The quantitative estimate of drug-likeness (QED) is 0.375. The van der Waals surface area contributed by atoms with Crippen molar-refractivity contribution in [3.05, 3.63) is 37.0 Å². The van der Waals surface area contributed by atoms with Gasteiger partial charge in [-0.1, -0.05) is 30.4 Å². The Bertz CT molecular complexity index is 318. The summed E-state index contributed by atoms with van der Waals surface area (Å²) in [6.45, 7) is 5.37. The van der Waals surface area contributed by atoms with Gasteiger partial charge in [0.15, 0.2) is 6.10 Å². The van der Waals surface area contributed by atoms with Crippen LogP contribution in [0.5, 0.6) is 0 Å². The van der Waals surface area contributed by atoms with E-state index in [4.69, 9.17) is 9.47 Å². The highest BCUT2D eigenvalue weighted by Gasteiger charge is 2.30. The van der Waals surface area contributed by atoms with E-state index in [-0.39, 0.29) is 12.3 Å². The number of hydrogen-bond donors (Lipinski definition) is 0. The van der Waals surface area contributed by atoms with Gasteiger partial charge in [0, 0.05) is 6.42 Å². The third-order valence-electron chi connectivity index (χ3n) is 2.64. The molecule has 0 bridgehead atoms. The molecule has 1 aliphatic rings. The maximum absolute atomic E-state index is 11.1. The molecule has 1 heterocycles. The van der Waals surface area contributed by atoms with Crippen molar-refractivity contribution in [2.75, 3.05) is 0 Å². The first-order valence-corrected chi connectivity index (χ1v) is 6.51. The van der Waals surface area contributed by atoms with E-state index in [1.165, 1.54) is 0 Å². The number of unbranched alkanes of at least 4 members (excludes halogenated alkanes) is 1. The fourth-order valence-electron chi connectivity index (χ4n) is 1.63. The molecule has 3 nitrogen and oxygen atoms in total. The Morgan fingerprint density at radius 3 is 2.44 bits per heavy atom. The van der Waals surface area contributed by atoms with Gasteiger partial charge in [0.25, 0.3) is 0 Å². The van der Waals surface area contributed by atoms with Gasteiger partial charge in [-0.2, -0.15) is 0 Å². The van der Waals surface area contributed by atoms with Gasteiger partial charge >= 0.3 is 5.97 Å². The lowest BCUT2D eigenvalue weighted by molar-refractivity contribution is -0.143. The maximum Gasteiger partial charge on any atom is 0.337 e. The lowest BCUT2D eigenvalue weighted by atomic mass is 10.2. The van der Waals surface area contributed by atoms with Crippen molar-refractivity contribution >= 4 is 5.97 Å². The highest BCUT2D eigenvalue weighted by Crippen LogP contribution is 2.17. The van der Waals surface area contributed by atoms with Crippen LogP contribution < -0.4 is 0 Å².